The van der Waals surface area contributed by atoms with Crippen molar-refractivity contribution in [3.63, 3.8) is 0 Å². The van der Waals surface area contributed by atoms with Gasteiger partial charge in [-0.25, -0.2) is 4.79 Å². The van der Waals surface area contributed by atoms with Crippen LogP contribution in [0.15, 0.2) is 24.4 Å². The summed E-state index contributed by atoms with van der Waals surface area (Å²) in [6, 6.07) is 3.58. The van der Waals surface area contributed by atoms with Crippen LogP contribution in [0.25, 0.3) is 10.9 Å². The van der Waals surface area contributed by atoms with Gasteiger partial charge in [-0.15, -0.1) is 0 Å². The number of nitrogens with zero attached hydrogens (tertiary/aromatic N) is 1. The van der Waals surface area contributed by atoms with E-state index in [1.165, 1.54) is 26.2 Å². The third-order valence-corrected chi connectivity index (χ3v) is 3.25. The molecule has 2 rings (SSSR count). The van der Waals surface area contributed by atoms with E-state index in [0.717, 1.165) is 0 Å². The van der Waals surface area contributed by atoms with E-state index in [4.69, 9.17) is 0 Å². The lowest BCUT2D eigenvalue weighted by Gasteiger charge is -2.14. The highest BCUT2D eigenvalue weighted by molar-refractivity contribution is 5.88. The molecule has 0 aliphatic carbocycles. The Kier molecular flexibility index (Phi) is 4.40. The first-order valence-corrected chi connectivity index (χ1v) is 6.51. The lowest BCUT2D eigenvalue weighted by atomic mass is 10.0. The number of nitro benzene ring substituents is 1. The van der Waals surface area contributed by atoms with Gasteiger partial charge in [-0.2, -0.15) is 0 Å². The summed E-state index contributed by atoms with van der Waals surface area (Å²) in [5.74, 6) is -0.934. The standard InChI is InChI=1S/C14H15N3O5/c1-8(18)16-13(14(19)22-2)5-9-7-15-12-4-3-10(17(20)21)6-11(9)12/h3-4,6-7,13,15H,5H2,1-2H3,(H,16,18)/t13-/m0/s1. The average molecular weight is 305 g/mol. The molecule has 1 aromatic carbocycles. The molecular weight excluding hydrogens is 290 g/mol. The number of non-ortho nitro benzene ring substituents is 1. The molecule has 2 aromatic rings. The number of nitro groups is 1. The number of rotatable bonds is 5. The predicted octanol–water partition coefficient (Wildman–Crippen LogP) is 1.30. The maximum Gasteiger partial charge on any atom is 0.328 e. The zero-order valence-electron chi connectivity index (χ0n) is 12.1. The molecular formula is C14H15N3O5. The molecule has 0 bridgehead atoms. The van der Waals surface area contributed by atoms with E-state index in [9.17, 15) is 19.7 Å². The van der Waals surface area contributed by atoms with Gasteiger partial charge in [0.05, 0.1) is 12.0 Å². The molecule has 0 saturated heterocycles. The number of carbonyl (C=O) groups excluding carboxylic acids is 2. The van der Waals surface area contributed by atoms with Crippen molar-refractivity contribution in [2.75, 3.05) is 7.11 Å². The Balaban J connectivity index is 2.36. The summed E-state index contributed by atoms with van der Waals surface area (Å²) in [7, 11) is 1.23. The second-order valence-corrected chi connectivity index (χ2v) is 4.78. The second-order valence-electron chi connectivity index (χ2n) is 4.78. The van der Waals surface area contributed by atoms with Gasteiger partial charge >= 0.3 is 5.97 Å². The largest absolute Gasteiger partial charge is 0.467 e. The number of benzene rings is 1. The summed E-state index contributed by atoms with van der Waals surface area (Å²) in [4.78, 5) is 36.3. The number of amides is 1. The molecule has 0 aliphatic rings. The fourth-order valence-electron chi connectivity index (χ4n) is 2.25. The van der Waals surface area contributed by atoms with Crippen LogP contribution in [0.2, 0.25) is 0 Å². The van der Waals surface area contributed by atoms with Crippen molar-refractivity contribution in [1.29, 1.82) is 0 Å². The van der Waals surface area contributed by atoms with Gasteiger partial charge in [-0.3, -0.25) is 14.9 Å². The Hall–Kier alpha value is -2.90. The minimum Gasteiger partial charge on any atom is -0.467 e. The van der Waals surface area contributed by atoms with E-state index in [0.29, 0.717) is 16.5 Å². The summed E-state index contributed by atoms with van der Waals surface area (Å²) >= 11 is 0. The topological polar surface area (TPSA) is 114 Å². The first-order valence-electron chi connectivity index (χ1n) is 6.51. The van der Waals surface area contributed by atoms with E-state index in [1.807, 2.05) is 0 Å². The van der Waals surface area contributed by atoms with E-state index in [2.05, 4.69) is 15.0 Å². The van der Waals surface area contributed by atoms with Crippen molar-refractivity contribution in [3.8, 4) is 0 Å². The zero-order chi connectivity index (χ0) is 16.3. The number of H-pyrrole nitrogens is 1. The molecule has 0 unspecified atom stereocenters. The third-order valence-electron chi connectivity index (χ3n) is 3.25. The Bertz CT molecular complexity index is 737. The molecule has 2 N–H and O–H groups in total. The molecule has 116 valence electrons. The molecule has 1 atom stereocenters. The van der Waals surface area contributed by atoms with Gasteiger partial charge in [0.1, 0.15) is 6.04 Å². The molecule has 1 amide bonds. The summed E-state index contributed by atoms with van der Waals surface area (Å²) in [6.07, 6.45) is 1.83. The predicted molar refractivity (Wildman–Crippen MR) is 78.3 cm³/mol. The van der Waals surface area contributed by atoms with Crippen LogP contribution >= 0.6 is 0 Å². The summed E-state index contributed by atoms with van der Waals surface area (Å²) < 4.78 is 4.66. The average Bonchev–Trinajstić information content (AvgIpc) is 2.87. The highest BCUT2D eigenvalue weighted by atomic mass is 16.6. The number of aromatic nitrogens is 1. The Labute approximate surface area is 125 Å². The van der Waals surface area contributed by atoms with Gasteiger partial charge in [-0.1, -0.05) is 0 Å². The molecule has 1 aromatic heterocycles. The van der Waals surface area contributed by atoms with Gasteiger partial charge < -0.3 is 15.0 Å². The number of aromatic amines is 1. The SMILES string of the molecule is COC(=O)[C@H](Cc1c[nH]c2ccc([N+](=O)[O-])cc12)NC(C)=O. The van der Waals surface area contributed by atoms with Crippen LogP contribution in [0.5, 0.6) is 0 Å². The summed E-state index contributed by atoms with van der Waals surface area (Å²) in [6.45, 7) is 1.30. The molecule has 22 heavy (non-hydrogen) atoms. The minimum absolute atomic E-state index is 0.0394. The maximum atomic E-state index is 11.7. The lowest BCUT2D eigenvalue weighted by Crippen LogP contribution is -2.41. The molecule has 0 saturated carbocycles. The smallest absolute Gasteiger partial charge is 0.328 e. The number of ether oxygens (including phenoxy) is 1. The van der Waals surface area contributed by atoms with Crippen LogP contribution in [-0.4, -0.2) is 34.9 Å². The Morgan fingerprint density at radius 2 is 2.18 bits per heavy atom. The number of methoxy groups -OCH3 is 1. The molecule has 0 spiro atoms. The quantitative estimate of drug-likeness (QED) is 0.491. The fraction of sp³-hybridized carbons (Fsp3) is 0.286. The van der Waals surface area contributed by atoms with Crippen molar-refractivity contribution in [2.45, 2.75) is 19.4 Å². The summed E-state index contributed by atoms with van der Waals surface area (Å²) in [5, 5.41) is 14.0. The van der Waals surface area contributed by atoms with E-state index in [-0.39, 0.29) is 18.0 Å². The maximum absolute atomic E-state index is 11.7. The van der Waals surface area contributed by atoms with Crippen LogP contribution in [0, 0.1) is 10.1 Å². The van der Waals surface area contributed by atoms with E-state index >= 15 is 0 Å². The number of nitrogens with one attached hydrogen (secondary N) is 2. The van der Waals surface area contributed by atoms with Crippen LogP contribution in [0.1, 0.15) is 12.5 Å². The van der Waals surface area contributed by atoms with Gasteiger partial charge in [0.15, 0.2) is 0 Å². The molecule has 8 heteroatoms. The molecule has 0 aliphatic heterocycles. The lowest BCUT2D eigenvalue weighted by molar-refractivity contribution is -0.384. The second kappa shape index (κ2) is 6.25. The Morgan fingerprint density at radius 1 is 1.45 bits per heavy atom. The normalized spacial score (nSPS) is 11.9. The van der Waals surface area contributed by atoms with Crippen LogP contribution in [-0.2, 0) is 20.7 Å². The number of fused-ring (bicyclic) bond motifs is 1. The van der Waals surface area contributed by atoms with Crippen molar-refractivity contribution in [2.24, 2.45) is 0 Å². The molecule has 1 heterocycles. The Morgan fingerprint density at radius 3 is 2.77 bits per heavy atom. The minimum atomic E-state index is -0.847. The van der Waals surface area contributed by atoms with Gasteiger partial charge in [0.2, 0.25) is 5.91 Å². The van der Waals surface area contributed by atoms with Crippen LogP contribution < -0.4 is 5.32 Å². The highest BCUT2D eigenvalue weighted by Gasteiger charge is 2.22. The van der Waals surface area contributed by atoms with Crippen LogP contribution in [0.3, 0.4) is 0 Å². The zero-order valence-corrected chi connectivity index (χ0v) is 12.1. The fourth-order valence-corrected chi connectivity index (χ4v) is 2.25. The monoisotopic (exact) mass is 305 g/mol. The third kappa shape index (κ3) is 3.22. The van der Waals surface area contributed by atoms with E-state index in [1.54, 1.807) is 12.3 Å². The van der Waals surface area contributed by atoms with E-state index < -0.39 is 16.9 Å². The van der Waals surface area contributed by atoms with Gasteiger partial charge in [-0.05, 0) is 11.6 Å². The number of hydrogen-bond donors (Lipinski definition) is 2. The first kappa shape index (κ1) is 15.5. The molecule has 8 nitrogen and oxygen atoms in total. The number of esters is 1. The van der Waals surface area contributed by atoms with Crippen molar-refractivity contribution in [1.82, 2.24) is 10.3 Å². The van der Waals surface area contributed by atoms with Crippen molar-refractivity contribution in [3.05, 3.63) is 40.1 Å². The van der Waals surface area contributed by atoms with Gasteiger partial charge in [0, 0.05) is 42.6 Å². The van der Waals surface area contributed by atoms with Gasteiger partial charge in [0.25, 0.3) is 5.69 Å². The number of hydrogen-bond acceptors (Lipinski definition) is 5. The summed E-state index contributed by atoms with van der Waals surface area (Å²) in [5.41, 5.74) is 1.36. The highest BCUT2D eigenvalue weighted by Crippen LogP contribution is 2.24. The van der Waals surface area contributed by atoms with Crippen LogP contribution in [0.4, 0.5) is 5.69 Å². The van der Waals surface area contributed by atoms with Crippen molar-refractivity contribution < 1.29 is 19.2 Å². The van der Waals surface area contributed by atoms with Crippen molar-refractivity contribution >= 4 is 28.5 Å². The first-order chi connectivity index (χ1) is 10.4. The molecule has 0 fully saturated rings. The molecule has 0 radical (unpaired) electrons. The number of carbonyl (C=O) groups is 2.